The summed E-state index contributed by atoms with van der Waals surface area (Å²) in [5, 5.41) is 13.2. The van der Waals surface area contributed by atoms with Crippen molar-refractivity contribution in [3.63, 3.8) is 0 Å². The third-order valence-corrected chi connectivity index (χ3v) is 5.67. The molecule has 5 aromatic rings. The lowest BCUT2D eigenvalue weighted by molar-refractivity contribution is 0.174. The first kappa shape index (κ1) is 18.5. The molecule has 1 aliphatic rings. The number of benzene rings is 1. The quantitative estimate of drug-likeness (QED) is 0.402. The maximum Gasteiger partial charge on any atom is 0.166 e. The van der Waals surface area contributed by atoms with Crippen molar-refractivity contribution in [2.75, 3.05) is 7.11 Å². The number of rotatable bonds is 2. The highest BCUT2D eigenvalue weighted by atomic mass is 16.5. The van der Waals surface area contributed by atoms with Crippen LogP contribution in [0.2, 0.25) is 0 Å². The fourth-order valence-corrected chi connectivity index (χ4v) is 4.12. The Morgan fingerprint density at radius 1 is 1.12 bits per heavy atom. The van der Waals surface area contributed by atoms with Crippen LogP contribution >= 0.6 is 0 Å². The van der Waals surface area contributed by atoms with Gasteiger partial charge in [0, 0.05) is 18.9 Å². The second-order valence-corrected chi connectivity index (χ2v) is 7.73. The van der Waals surface area contributed by atoms with Gasteiger partial charge in [-0.15, -0.1) is 10.2 Å². The molecule has 0 saturated carbocycles. The molecule has 32 heavy (non-hydrogen) atoms. The van der Waals surface area contributed by atoms with Gasteiger partial charge in [0.2, 0.25) is 0 Å². The third-order valence-electron chi connectivity index (χ3n) is 5.67. The van der Waals surface area contributed by atoms with Crippen LogP contribution in [0.4, 0.5) is 0 Å². The Hall–Kier alpha value is -4.22. The number of ether oxygens (including phenoxy) is 1. The van der Waals surface area contributed by atoms with E-state index < -0.39 is 0 Å². The molecule has 0 fully saturated rings. The van der Waals surface area contributed by atoms with E-state index in [2.05, 4.69) is 66.4 Å². The lowest BCUT2D eigenvalue weighted by atomic mass is 10.1. The molecule has 1 aliphatic heterocycles. The highest BCUT2D eigenvalue weighted by molar-refractivity contribution is 5.71. The smallest absolute Gasteiger partial charge is 0.166 e. The zero-order chi connectivity index (χ0) is 21.7. The van der Waals surface area contributed by atoms with E-state index in [-0.39, 0.29) is 0 Å². The third kappa shape index (κ3) is 2.83. The number of nitrogens with zero attached hydrogens (tertiary/aromatic N) is 7. The van der Waals surface area contributed by atoms with Crippen LogP contribution in [0.1, 0.15) is 28.3 Å². The average Bonchev–Trinajstić information content (AvgIpc) is 3.49. The van der Waals surface area contributed by atoms with Gasteiger partial charge in [-0.05, 0) is 37.1 Å². The minimum absolute atomic E-state index is 0.381. The van der Waals surface area contributed by atoms with Gasteiger partial charge in [-0.25, -0.2) is 9.50 Å². The van der Waals surface area contributed by atoms with Crippen LogP contribution in [0.15, 0.2) is 55.1 Å². The minimum atomic E-state index is 0.381. The predicted molar refractivity (Wildman–Crippen MR) is 118 cm³/mol. The molecular weight excluding hydrogens is 402 g/mol. The topological polar surface area (TPSA) is 75.1 Å². The average molecular weight is 421 g/mol. The van der Waals surface area contributed by atoms with Gasteiger partial charge in [0.05, 0.1) is 35.2 Å². The minimum Gasteiger partial charge on any atom is -0.377 e. The molecule has 8 nitrogen and oxygen atoms in total. The van der Waals surface area contributed by atoms with Crippen molar-refractivity contribution in [1.29, 1.82) is 0 Å². The summed E-state index contributed by atoms with van der Waals surface area (Å²) in [4.78, 5) is 4.65. The second kappa shape index (κ2) is 7.18. The molecule has 0 aliphatic carbocycles. The van der Waals surface area contributed by atoms with Gasteiger partial charge in [-0.2, -0.15) is 5.10 Å². The summed E-state index contributed by atoms with van der Waals surface area (Å²) in [6, 6.07) is 12.2. The number of aromatic nitrogens is 7. The van der Waals surface area contributed by atoms with Crippen molar-refractivity contribution in [2.45, 2.75) is 20.1 Å². The number of fused-ring (bicyclic) bond motifs is 6. The van der Waals surface area contributed by atoms with E-state index in [0.717, 1.165) is 50.9 Å². The van der Waals surface area contributed by atoms with Gasteiger partial charge in [-0.3, -0.25) is 4.57 Å². The predicted octanol–water partition coefficient (Wildman–Crippen LogP) is 2.99. The lowest BCUT2D eigenvalue weighted by Gasteiger charge is -2.08. The highest BCUT2D eigenvalue weighted by Crippen LogP contribution is 2.33. The SMILES string of the molecule is COCc1nnc2n1Cc1c(C#Cc3cnn4ccccc34)ncn1-c1ccc(C)cc1-2. The van der Waals surface area contributed by atoms with E-state index >= 15 is 0 Å². The van der Waals surface area contributed by atoms with Crippen molar-refractivity contribution >= 4 is 5.52 Å². The Kier molecular flexibility index (Phi) is 4.16. The molecule has 8 heteroatoms. The largest absolute Gasteiger partial charge is 0.377 e. The fourth-order valence-electron chi connectivity index (χ4n) is 4.12. The van der Waals surface area contributed by atoms with Crippen molar-refractivity contribution < 1.29 is 4.74 Å². The highest BCUT2D eigenvalue weighted by Gasteiger charge is 2.25. The van der Waals surface area contributed by atoms with Crippen molar-refractivity contribution in [3.8, 4) is 28.9 Å². The molecule has 0 N–H and O–H groups in total. The molecule has 156 valence electrons. The van der Waals surface area contributed by atoms with Gasteiger partial charge in [0.15, 0.2) is 11.6 Å². The van der Waals surface area contributed by atoms with E-state index in [4.69, 9.17) is 4.74 Å². The summed E-state index contributed by atoms with van der Waals surface area (Å²) in [6.07, 6.45) is 5.52. The molecule has 0 unspecified atom stereocenters. The maximum absolute atomic E-state index is 5.36. The van der Waals surface area contributed by atoms with E-state index in [1.165, 1.54) is 0 Å². The maximum atomic E-state index is 5.36. The second-order valence-electron chi connectivity index (χ2n) is 7.73. The van der Waals surface area contributed by atoms with E-state index in [1.54, 1.807) is 13.3 Å². The lowest BCUT2D eigenvalue weighted by Crippen LogP contribution is -2.09. The van der Waals surface area contributed by atoms with E-state index in [0.29, 0.717) is 13.2 Å². The first-order chi connectivity index (χ1) is 15.7. The summed E-state index contributed by atoms with van der Waals surface area (Å²) in [5.74, 6) is 8.12. The molecular formula is C24H19N7O. The van der Waals surface area contributed by atoms with E-state index in [9.17, 15) is 0 Å². The van der Waals surface area contributed by atoms with Crippen LogP contribution in [-0.4, -0.2) is 41.0 Å². The molecule has 1 aromatic carbocycles. The summed E-state index contributed by atoms with van der Waals surface area (Å²) in [5.41, 5.74) is 6.71. The Balaban J connectivity index is 1.52. The zero-order valence-corrected chi connectivity index (χ0v) is 17.6. The van der Waals surface area contributed by atoms with Crippen LogP contribution in [0.25, 0.3) is 22.6 Å². The van der Waals surface area contributed by atoms with Crippen LogP contribution < -0.4 is 0 Å². The van der Waals surface area contributed by atoms with Crippen LogP contribution in [-0.2, 0) is 17.9 Å². The Labute approximate surface area is 184 Å². The van der Waals surface area contributed by atoms with Crippen LogP contribution in [0.3, 0.4) is 0 Å². The number of pyridine rings is 1. The molecule has 0 saturated heterocycles. The molecule has 0 bridgehead atoms. The number of imidazole rings is 1. The molecule has 0 atom stereocenters. The summed E-state index contributed by atoms with van der Waals surface area (Å²) >= 11 is 0. The van der Waals surface area contributed by atoms with Crippen molar-refractivity contribution in [2.24, 2.45) is 0 Å². The molecule has 0 amide bonds. The van der Waals surface area contributed by atoms with Crippen molar-refractivity contribution in [3.05, 3.63) is 83.5 Å². The number of aryl methyl sites for hydroxylation is 1. The summed E-state index contributed by atoms with van der Waals surface area (Å²) in [7, 11) is 1.66. The number of hydrogen-bond donors (Lipinski definition) is 0. The molecule has 0 radical (unpaired) electrons. The van der Waals surface area contributed by atoms with Crippen LogP contribution in [0.5, 0.6) is 0 Å². The summed E-state index contributed by atoms with van der Waals surface area (Å²) < 4.78 is 11.4. The molecule has 4 aromatic heterocycles. The first-order valence-electron chi connectivity index (χ1n) is 10.3. The van der Waals surface area contributed by atoms with Gasteiger partial charge in [-0.1, -0.05) is 23.6 Å². The standard InChI is InChI=1S/C24H19N7O/c1-16-6-9-21-18(11-16)24-28-27-23(14-32-2)29(24)13-22-19(25-15-30(21)22)8-7-17-12-26-31-10-4-3-5-20(17)31/h3-6,9-12,15H,13-14H2,1-2H3. The van der Waals surface area contributed by atoms with Gasteiger partial charge < -0.3 is 9.30 Å². The first-order valence-corrected chi connectivity index (χ1v) is 10.3. The Bertz CT molecular complexity index is 1540. The van der Waals surface area contributed by atoms with Crippen molar-refractivity contribution in [1.82, 2.24) is 33.9 Å². The van der Waals surface area contributed by atoms with Gasteiger partial charge in [0.1, 0.15) is 18.6 Å². The molecule has 0 spiro atoms. The Morgan fingerprint density at radius 3 is 2.97 bits per heavy atom. The van der Waals surface area contributed by atoms with Crippen LogP contribution in [0, 0.1) is 18.8 Å². The zero-order valence-electron chi connectivity index (χ0n) is 17.6. The van der Waals surface area contributed by atoms with Gasteiger partial charge in [0.25, 0.3) is 0 Å². The monoisotopic (exact) mass is 421 g/mol. The molecule has 6 rings (SSSR count). The normalized spacial score (nSPS) is 11.9. The summed E-state index contributed by atoms with van der Waals surface area (Å²) in [6.45, 7) is 3.00. The Morgan fingerprint density at radius 2 is 2.06 bits per heavy atom. The molecule has 5 heterocycles. The number of hydrogen-bond acceptors (Lipinski definition) is 5. The number of methoxy groups -OCH3 is 1. The van der Waals surface area contributed by atoms with Gasteiger partial charge >= 0.3 is 0 Å². The fraction of sp³-hybridized carbons (Fsp3) is 0.167. The van der Waals surface area contributed by atoms with E-state index in [1.807, 2.05) is 35.2 Å².